The van der Waals surface area contributed by atoms with Gasteiger partial charge in [0.05, 0.1) is 0 Å². The van der Waals surface area contributed by atoms with E-state index in [-0.39, 0.29) is 36.0 Å². The number of unbranched alkanes of at least 4 members (excludes halogenated alkanes) is 3. The maximum absolute atomic E-state index is 13.3. The summed E-state index contributed by atoms with van der Waals surface area (Å²) in [6.45, 7) is 6.46. The zero-order valence-corrected chi connectivity index (χ0v) is 25.3. The van der Waals surface area contributed by atoms with E-state index in [1.54, 1.807) is 6.92 Å². The van der Waals surface area contributed by atoms with Crippen molar-refractivity contribution in [2.45, 2.75) is 103 Å². The van der Waals surface area contributed by atoms with Crippen molar-refractivity contribution in [2.24, 2.45) is 17.3 Å². The lowest BCUT2D eigenvalue weighted by Gasteiger charge is -2.55. The molecule has 1 aromatic rings. The molecule has 41 heavy (non-hydrogen) atoms. The molecule has 5 rings (SSSR count). The summed E-state index contributed by atoms with van der Waals surface area (Å²) >= 11 is 0. The van der Waals surface area contributed by atoms with E-state index in [9.17, 15) is 14.4 Å². The van der Waals surface area contributed by atoms with Gasteiger partial charge >= 0.3 is 5.97 Å². The van der Waals surface area contributed by atoms with Gasteiger partial charge in [0.1, 0.15) is 0 Å². The first-order chi connectivity index (χ1) is 19.6. The Kier molecular flexibility index (Phi) is 8.61. The number of hydrogen-bond acceptors (Lipinski definition) is 6. The zero-order valence-electron chi connectivity index (χ0n) is 25.3. The van der Waals surface area contributed by atoms with Crippen LogP contribution in [-0.4, -0.2) is 48.4 Å². The van der Waals surface area contributed by atoms with Gasteiger partial charge in [-0.2, -0.15) is 0 Å². The van der Waals surface area contributed by atoms with Crippen molar-refractivity contribution in [1.82, 2.24) is 0 Å². The van der Waals surface area contributed by atoms with Gasteiger partial charge in [0.15, 0.2) is 17.2 Å². The molecular formula is C35H47NO5. The smallest absolute Gasteiger partial charge is 0.303 e. The predicted molar refractivity (Wildman–Crippen MR) is 161 cm³/mol. The number of hydrogen-bond donors (Lipinski definition) is 1. The van der Waals surface area contributed by atoms with E-state index in [0.717, 1.165) is 64.3 Å². The number of Topliss-reactive ketones (excluding diaryl/α,β-unsaturated/α-hetero) is 1. The molecule has 0 amide bonds. The molecule has 0 bridgehead atoms. The topological polar surface area (TPSA) is 83.9 Å². The van der Waals surface area contributed by atoms with Gasteiger partial charge in [-0.15, -0.1) is 0 Å². The first-order valence-corrected chi connectivity index (χ1v) is 15.7. The molecule has 0 aromatic heterocycles. The van der Waals surface area contributed by atoms with Crippen molar-refractivity contribution in [3.8, 4) is 0 Å². The van der Waals surface area contributed by atoms with Crippen LogP contribution in [0.25, 0.3) is 0 Å². The van der Waals surface area contributed by atoms with E-state index in [1.807, 2.05) is 6.08 Å². The first kappa shape index (κ1) is 29.8. The van der Waals surface area contributed by atoms with E-state index >= 15 is 0 Å². The fourth-order valence-electron chi connectivity index (χ4n) is 8.91. The van der Waals surface area contributed by atoms with Crippen molar-refractivity contribution in [2.75, 3.05) is 25.1 Å². The Hall–Kier alpha value is -2.73. The molecule has 1 aromatic carbocycles. The minimum atomic E-state index is -1.09. The molecule has 0 radical (unpaired) electrons. The summed E-state index contributed by atoms with van der Waals surface area (Å²) < 4.78 is 6.05. The summed E-state index contributed by atoms with van der Waals surface area (Å²) in [6, 6.07) is 8.92. The van der Waals surface area contributed by atoms with E-state index in [2.05, 4.69) is 43.1 Å². The lowest BCUT2D eigenvalue weighted by atomic mass is 9.50. The average Bonchev–Trinajstić information content (AvgIpc) is 3.24. The molecule has 6 heteroatoms. The standard InChI is InChI=1S/C35H47NO5/c1-23(38)35(41-24(2)39)18-17-32-30-15-11-26-21-28(40)14-16-29(26)33(30)31(22-34(32,35)3)25-9-12-27(13-10-25)36(4)19-7-5-6-8-20-37/h9-10,12-13,21,30-32,37H,5-8,11,14-20,22H2,1-4H3/t30-,31+,32-,34-,35-/m0/s1. The Morgan fingerprint density at radius 3 is 2.44 bits per heavy atom. The van der Waals surface area contributed by atoms with Crippen molar-refractivity contribution in [3.05, 3.63) is 52.6 Å². The molecule has 4 aliphatic rings. The summed E-state index contributed by atoms with van der Waals surface area (Å²) in [7, 11) is 2.13. The van der Waals surface area contributed by atoms with Crippen LogP contribution in [0.4, 0.5) is 5.69 Å². The highest BCUT2D eigenvalue weighted by atomic mass is 16.6. The minimum Gasteiger partial charge on any atom is -0.451 e. The molecule has 5 atom stereocenters. The Bertz CT molecular complexity index is 1250. The average molecular weight is 562 g/mol. The number of ketones is 2. The second kappa shape index (κ2) is 11.9. The molecule has 0 saturated heterocycles. The number of nitrogens with zero attached hydrogens (tertiary/aromatic N) is 1. The highest BCUT2D eigenvalue weighted by molar-refractivity contribution is 5.93. The highest BCUT2D eigenvalue weighted by Crippen LogP contribution is 2.67. The van der Waals surface area contributed by atoms with Crippen LogP contribution in [0.15, 0.2) is 47.1 Å². The third kappa shape index (κ3) is 5.33. The minimum absolute atomic E-state index is 0.0387. The maximum Gasteiger partial charge on any atom is 0.303 e. The number of ether oxygens (including phenoxy) is 1. The number of esters is 1. The van der Waals surface area contributed by atoms with Gasteiger partial charge in [-0.05, 0) is 105 Å². The fourth-order valence-corrected chi connectivity index (χ4v) is 8.91. The molecule has 222 valence electrons. The van der Waals surface area contributed by atoms with Gasteiger partial charge in [0.2, 0.25) is 0 Å². The Balaban J connectivity index is 1.51. The summed E-state index contributed by atoms with van der Waals surface area (Å²) in [5.41, 5.74) is 4.94. The molecule has 4 aliphatic carbocycles. The molecule has 0 spiro atoms. The van der Waals surface area contributed by atoms with Crippen molar-refractivity contribution < 1.29 is 24.2 Å². The largest absolute Gasteiger partial charge is 0.451 e. The first-order valence-electron chi connectivity index (χ1n) is 15.7. The van der Waals surface area contributed by atoms with E-state index in [4.69, 9.17) is 9.84 Å². The molecule has 0 unspecified atom stereocenters. The summed E-state index contributed by atoms with van der Waals surface area (Å²) in [4.78, 5) is 40.4. The number of allylic oxidation sites excluding steroid dienone is 4. The van der Waals surface area contributed by atoms with Gasteiger partial charge in [-0.1, -0.05) is 37.5 Å². The molecule has 0 heterocycles. The van der Waals surface area contributed by atoms with Gasteiger partial charge in [-0.25, -0.2) is 0 Å². The van der Waals surface area contributed by atoms with E-state index in [1.165, 1.54) is 34.9 Å². The zero-order chi connectivity index (χ0) is 29.4. The second-order valence-corrected chi connectivity index (χ2v) is 13.2. The van der Waals surface area contributed by atoms with Crippen molar-refractivity contribution in [3.63, 3.8) is 0 Å². The molecule has 2 fully saturated rings. The lowest BCUT2D eigenvalue weighted by molar-refractivity contribution is -0.182. The molecule has 0 aliphatic heterocycles. The number of carbonyl (C=O) groups excluding carboxylic acids is 3. The molecule has 1 N–H and O–H groups in total. The van der Waals surface area contributed by atoms with Crippen molar-refractivity contribution in [1.29, 1.82) is 0 Å². The number of carbonyl (C=O) groups is 3. The quantitative estimate of drug-likeness (QED) is 0.261. The normalized spacial score (nSPS) is 30.7. The molecule has 2 saturated carbocycles. The summed E-state index contributed by atoms with van der Waals surface area (Å²) in [5.74, 6) is 0.500. The fraction of sp³-hybridized carbons (Fsp3) is 0.629. The predicted octanol–water partition coefficient (Wildman–Crippen LogP) is 6.47. The Morgan fingerprint density at radius 2 is 1.76 bits per heavy atom. The number of aliphatic hydroxyl groups is 1. The Morgan fingerprint density at radius 1 is 1.02 bits per heavy atom. The number of rotatable bonds is 10. The highest BCUT2D eigenvalue weighted by Gasteiger charge is 2.67. The Labute approximate surface area is 245 Å². The monoisotopic (exact) mass is 561 g/mol. The van der Waals surface area contributed by atoms with Crippen LogP contribution in [0.3, 0.4) is 0 Å². The van der Waals surface area contributed by atoms with Gasteiger partial charge in [-0.3, -0.25) is 14.4 Å². The third-order valence-corrected chi connectivity index (χ3v) is 10.9. The van der Waals surface area contributed by atoms with Crippen molar-refractivity contribution >= 4 is 23.2 Å². The number of aliphatic hydroxyl groups excluding tert-OH is 1. The number of fused-ring (bicyclic) bond motifs is 4. The molecule has 6 nitrogen and oxygen atoms in total. The second-order valence-electron chi connectivity index (χ2n) is 13.2. The van der Waals surface area contributed by atoms with E-state index in [0.29, 0.717) is 18.8 Å². The maximum atomic E-state index is 13.3. The SMILES string of the molecule is CC(=O)O[C@]1(C(C)=O)CC[C@H]2[C@@H]3CCC4=CC(=O)CCC4=C3[C@@H](c3ccc(N(C)CCCCCCO)cc3)C[C@@]21C. The number of benzene rings is 1. The lowest BCUT2D eigenvalue weighted by Crippen LogP contribution is -2.57. The summed E-state index contributed by atoms with van der Waals surface area (Å²) in [5, 5.41) is 9.02. The van der Waals surface area contributed by atoms with Gasteiger partial charge in [0.25, 0.3) is 0 Å². The number of anilines is 1. The van der Waals surface area contributed by atoms with Crippen LogP contribution < -0.4 is 4.90 Å². The van der Waals surface area contributed by atoms with Crippen LogP contribution in [0.5, 0.6) is 0 Å². The van der Waals surface area contributed by atoms with Crippen LogP contribution >= 0.6 is 0 Å². The third-order valence-electron chi connectivity index (χ3n) is 10.9. The van der Waals surface area contributed by atoms with Crippen LogP contribution in [0.2, 0.25) is 0 Å². The van der Waals surface area contributed by atoms with Gasteiger partial charge in [0, 0.05) is 50.6 Å². The summed E-state index contributed by atoms with van der Waals surface area (Å²) in [6.07, 6.45) is 11.5. The molecular weight excluding hydrogens is 514 g/mol. The van der Waals surface area contributed by atoms with E-state index < -0.39 is 11.0 Å². The van der Waals surface area contributed by atoms with Crippen LogP contribution in [0, 0.1) is 17.3 Å². The van der Waals surface area contributed by atoms with Crippen LogP contribution in [-0.2, 0) is 19.1 Å². The van der Waals surface area contributed by atoms with Gasteiger partial charge < -0.3 is 14.7 Å². The van der Waals surface area contributed by atoms with Crippen LogP contribution in [0.1, 0.15) is 103 Å².